The highest BCUT2D eigenvalue weighted by Gasteiger charge is 2.31. The van der Waals surface area contributed by atoms with E-state index in [0.717, 1.165) is 17.8 Å². The summed E-state index contributed by atoms with van der Waals surface area (Å²) in [7, 11) is -2.66. The number of benzene rings is 3. The smallest absolute Gasteiger partial charge is 0.494 e. The van der Waals surface area contributed by atoms with Crippen LogP contribution in [0, 0.1) is 6.92 Å². The highest BCUT2D eigenvalue weighted by Crippen LogP contribution is 2.33. The minimum absolute atomic E-state index is 0.113. The largest absolute Gasteiger partial charge is 0.573 e. The van der Waals surface area contributed by atoms with Crippen LogP contribution in [0.2, 0.25) is 0 Å². The summed E-state index contributed by atoms with van der Waals surface area (Å²) < 4.78 is 78.2. The van der Waals surface area contributed by atoms with Gasteiger partial charge >= 0.3 is 6.36 Å². The van der Waals surface area contributed by atoms with Crippen molar-refractivity contribution in [2.24, 2.45) is 0 Å². The number of methoxy groups -OCH3 is 1. The van der Waals surface area contributed by atoms with Crippen molar-refractivity contribution in [2.75, 3.05) is 11.8 Å². The number of nitrogens with one attached hydrogen (secondary N) is 1. The molecular formula is C24H20F3N3O4S. The van der Waals surface area contributed by atoms with E-state index < -0.39 is 22.1 Å². The van der Waals surface area contributed by atoms with Gasteiger partial charge < -0.3 is 14.0 Å². The van der Waals surface area contributed by atoms with E-state index >= 15 is 0 Å². The molecule has 7 nitrogen and oxygen atoms in total. The number of aryl methyl sites for hydroxylation is 1. The zero-order valence-electron chi connectivity index (χ0n) is 18.6. The molecule has 0 amide bonds. The predicted molar refractivity (Wildman–Crippen MR) is 124 cm³/mol. The molecule has 0 spiro atoms. The van der Waals surface area contributed by atoms with Crippen LogP contribution in [0.4, 0.5) is 18.9 Å². The van der Waals surface area contributed by atoms with Gasteiger partial charge in [0, 0.05) is 17.8 Å². The molecule has 0 aliphatic carbocycles. The Balaban J connectivity index is 1.68. The molecule has 0 aliphatic heterocycles. The number of ether oxygens (including phenoxy) is 2. The molecule has 1 N–H and O–H groups in total. The van der Waals surface area contributed by atoms with Gasteiger partial charge in [0.15, 0.2) is 0 Å². The van der Waals surface area contributed by atoms with Crippen LogP contribution in [-0.2, 0) is 10.0 Å². The van der Waals surface area contributed by atoms with Gasteiger partial charge in [-0.15, -0.1) is 13.2 Å². The Hall–Kier alpha value is -3.99. The summed E-state index contributed by atoms with van der Waals surface area (Å²) in [5, 5.41) is 0. The van der Waals surface area contributed by atoms with E-state index in [9.17, 15) is 21.6 Å². The lowest BCUT2D eigenvalue weighted by Gasteiger charge is -2.15. The second-order valence-corrected chi connectivity index (χ2v) is 9.14. The molecule has 0 fully saturated rings. The minimum atomic E-state index is -4.87. The molecule has 0 saturated heterocycles. The topological polar surface area (TPSA) is 82.5 Å². The lowest BCUT2D eigenvalue weighted by Crippen LogP contribution is -2.17. The van der Waals surface area contributed by atoms with Crippen molar-refractivity contribution in [1.29, 1.82) is 0 Å². The van der Waals surface area contributed by atoms with Crippen molar-refractivity contribution >= 4 is 15.7 Å². The average Bonchev–Trinajstić information content (AvgIpc) is 3.24. The highest BCUT2D eigenvalue weighted by molar-refractivity contribution is 7.92. The summed E-state index contributed by atoms with van der Waals surface area (Å²) in [6.07, 6.45) is -1.45. The fourth-order valence-corrected chi connectivity index (χ4v) is 4.80. The Morgan fingerprint density at radius 2 is 1.77 bits per heavy atom. The monoisotopic (exact) mass is 503 g/mol. The van der Waals surface area contributed by atoms with Crippen LogP contribution in [0.1, 0.15) is 5.69 Å². The number of rotatable bonds is 7. The van der Waals surface area contributed by atoms with Crippen LogP contribution >= 0.6 is 0 Å². The van der Waals surface area contributed by atoms with E-state index in [0.29, 0.717) is 11.4 Å². The van der Waals surface area contributed by atoms with Crippen molar-refractivity contribution in [2.45, 2.75) is 18.2 Å². The minimum Gasteiger partial charge on any atom is -0.494 e. The summed E-state index contributed by atoms with van der Waals surface area (Å²) >= 11 is 0. The Morgan fingerprint density at radius 1 is 1.00 bits per heavy atom. The standard InChI is InChI=1S/C24H20F3N3O4S/c1-16-14-30(15-28-16)21-11-10-18(13-22(21)33-2)29-35(31,32)23-9-4-3-8-20(23)17-6-5-7-19(12-17)34-24(25,26)27/h3-15,29H,1-2H3. The molecule has 35 heavy (non-hydrogen) atoms. The molecule has 0 bridgehead atoms. The SMILES string of the molecule is COc1cc(NS(=O)(=O)c2ccccc2-c2cccc(OC(F)(F)F)c2)ccc1-n1cnc(C)c1. The van der Waals surface area contributed by atoms with E-state index in [1.807, 2.05) is 6.92 Å². The van der Waals surface area contributed by atoms with Crippen LogP contribution in [0.15, 0.2) is 84.1 Å². The first-order valence-electron chi connectivity index (χ1n) is 10.2. The van der Waals surface area contributed by atoms with Gasteiger partial charge in [-0.3, -0.25) is 4.72 Å². The number of sulfonamides is 1. The van der Waals surface area contributed by atoms with Crippen molar-refractivity contribution < 1.29 is 31.1 Å². The van der Waals surface area contributed by atoms with Crippen LogP contribution in [-0.4, -0.2) is 31.4 Å². The summed E-state index contributed by atoms with van der Waals surface area (Å²) in [6, 6.07) is 15.9. The number of hydrogen-bond acceptors (Lipinski definition) is 5. The van der Waals surface area contributed by atoms with E-state index in [2.05, 4.69) is 14.4 Å². The first-order valence-corrected chi connectivity index (χ1v) is 11.7. The van der Waals surface area contributed by atoms with Crippen LogP contribution in [0.25, 0.3) is 16.8 Å². The van der Waals surface area contributed by atoms with E-state index in [4.69, 9.17) is 4.74 Å². The summed E-state index contributed by atoms with van der Waals surface area (Å²) in [6.45, 7) is 1.84. The average molecular weight is 504 g/mol. The van der Waals surface area contributed by atoms with Gasteiger partial charge in [0.05, 0.1) is 35.4 Å². The normalized spacial score (nSPS) is 11.8. The molecule has 0 saturated carbocycles. The van der Waals surface area contributed by atoms with Crippen molar-refractivity contribution in [3.8, 4) is 28.3 Å². The number of imidazole rings is 1. The molecule has 3 aromatic carbocycles. The Morgan fingerprint density at radius 3 is 2.46 bits per heavy atom. The molecule has 1 heterocycles. The maximum Gasteiger partial charge on any atom is 0.573 e. The molecule has 1 aromatic heterocycles. The summed E-state index contributed by atoms with van der Waals surface area (Å²) in [5.74, 6) is -0.0434. The number of hydrogen-bond donors (Lipinski definition) is 1. The summed E-state index contributed by atoms with van der Waals surface area (Å²) in [4.78, 5) is 4.07. The first-order chi connectivity index (χ1) is 16.6. The van der Waals surface area contributed by atoms with E-state index in [1.54, 1.807) is 35.3 Å². The zero-order chi connectivity index (χ0) is 25.2. The number of aromatic nitrogens is 2. The van der Waals surface area contributed by atoms with Crippen LogP contribution in [0.3, 0.4) is 0 Å². The maximum atomic E-state index is 13.3. The molecule has 182 valence electrons. The number of halogens is 3. The third-order valence-electron chi connectivity index (χ3n) is 4.98. The Bertz CT molecular complexity index is 1470. The zero-order valence-corrected chi connectivity index (χ0v) is 19.4. The van der Waals surface area contributed by atoms with Crippen molar-refractivity contribution in [3.05, 3.63) is 84.9 Å². The van der Waals surface area contributed by atoms with Gasteiger partial charge in [-0.05, 0) is 42.8 Å². The van der Waals surface area contributed by atoms with Gasteiger partial charge in [-0.2, -0.15) is 0 Å². The van der Waals surface area contributed by atoms with E-state index in [1.165, 1.54) is 43.5 Å². The molecule has 4 aromatic rings. The predicted octanol–water partition coefficient (Wildman–Crippen LogP) is 5.56. The molecule has 0 unspecified atom stereocenters. The lowest BCUT2D eigenvalue weighted by atomic mass is 10.1. The number of alkyl halides is 3. The highest BCUT2D eigenvalue weighted by atomic mass is 32.2. The second-order valence-electron chi connectivity index (χ2n) is 7.49. The molecule has 4 rings (SSSR count). The fourth-order valence-electron chi connectivity index (χ4n) is 3.52. The maximum absolute atomic E-state index is 13.3. The number of nitrogens with zero attached hydrogens (tertiary/aromatic N) is 2. The molecule has 11 heteroatoms. The third kappa shape index (κ3) is 5.57. The number of anilines is 1. The van der Waals surface area contributed by atoms with Gasteiger partial charge in [-0.1, -0.05) is 30.3 Å². The Labute approximate surface area is 199 Å². The third-order valence-corrected chi connectivity index (χ3v) is 6.42. The van der Waals surface area contributed by atoms with Gasteiger partial charge in [0.25, 0.3) is 10.0 Å². The summed E-state index contributed by atoms with van der Waals surface area (Å²) in [5.41, 5.74) is 2.17. The molecule has 0 atom stereocenters. The van der Waals surface area contributed by atoms with Crippen molar-refractivity contribution in [3.63, 3.8) is 0 Å². The molecule has 0 aliphatic rings. The van der Waals surface area contributed by atoms with Gasteiger partial charge in [-0.25, -0.2) is 13.4 Å². The first kappa shape index (κ1) is 24.1. The molecular weight excluding hydrogens is 483 g/mol. The Kier molecular flexibility index (Phi) is 6.44. The lowest BCUT2D eigenvalue weighted by molar-refractivity contribution is -0.274. The van der Waals surface area contributed by atoms with Crippen LogP contribution in [0.5, 0.6) is 11.5 Å². The molecule has 0 radical (unpaired) electrons. The van der Waals surface area contributed by atoms with Crippen molar-refractivity contribution in [1.82, 2.24) is 9.55 Å². The van der Waals surface area contributed by atoms with Crippen LogP contribution < -0.4 is 14.2 Å². The quantitative estimate of drug-likeness (QED) is 0.357. The second kappa shape index (κ2) is 9.34. The van der Waals surface area contributed by atoms with Gasteiger partial charge in [0.2, 0.25) is 0 Å². The fraction of sp³-hybridized carbons (Fsp3) is 0.125. The van der Waals surface area contributed by atoms with E-state index in [-0.39, 0.29) is 21.7 Å². The van der Waals surface area contributed by atoms with Gasteiger partial charge in [0.1, 0.15) is 11.5 Å².